The molecule has 1 aromatic carbocycles. The average molecular weight is 190 g/mol. The van der Waals surface area contributed by atoms with Gasteiger partial charge in [-0.25, -0.2) is 0 Å². The Morgan fingerprint density at radius 1 is 1.29 bits per heavy atom. The average Bonchev–Trinajstić information content (AvgIpc) is 2.21. The van der Waals surface area contributed by atoms with Gasteiger partial charge in [0.25, 0.3) is 0 Å². The summed E-state index contributed by atoms with van der Waals surface area (Å²) in [7, 11) is 0. The number of nitrogens with two attached hydrogens (primary N) is 1. The van der Waals surface area contributed by atoms with E-state index in [9.17, 15) is 4.79 Å². The smallest absolute Gasteiger partial charge is 0.246 e. The van der Waals surface area contributed by atoms with Crippen LogP contribution in [-0.4, -0.2) is 18.0 Å². The maximum atomic E-state index is 11.5. The van der Waals surface area contributed by atoms with Crippen LogP contribution in [0.2, 0.25) is 0 Å². The SMILES string of the molecule is Cc1ccc(N2C(=O)[C@@H](N)[C@H]2C)cc1. The molecule has 0 unspecified atom stereocenters. The minimum Gasteiger partial charge on any atom is -0.318 e. The molecule has 1 aliphatic rings. The van der Waals surface area contributed by atoms with Crippen LogP contribution in [0.1, 0.15) is 12.5 Å². The van der Waals surface area contributed by atoms with Gasteiger partial charge in [0.05, 0.1) is 6.04 Å². The van der Waals surface area contributed by atoms with Crippen LogP contribution in [0.15, 0.2) is 24.3 Å². The van der Waals surface area contributed by atoms with Crippen LogP contribution in [0.5, 0.6) is 0 Å². The molecule has 0 aromatic heterocycles. The Balaban J connectivity index is 2.25. The van der Waals surface area contributed by atoms with Gasteiger partial charge in [-0.2, -0.15) is 0 Å². The van der Waals surface area contributed by atoms with E-state index < -0.39 is 0 Å². The highest BCUT2D eigenvalue weighted by molar-refractivity contribution is 6.05. The van der Waals surface area contributed by atoms with Gasteiger partial charge in [-0.05, 0) is 26.0 Å². The van der Waals surface area contributed by atoms with E-state index >= 15 is 0 Å². The molecule has 2 N–H and O–H groups in total. The van der Waals surface area contributed by atoms with Crippen molar-refractivity contribution in [3.63, 3.8) is 0 Å². The van der Waals surface area contributed by atoms with E-state index in [-0.39, 0.29) is 18.0 Å². The van der Waals surface area contributed by atoms with Crippen molar-refractivity contribution in [3.05, 3.63) is 29.8 Å². The van der Waals surface area contributed by atoms with Crippen molar-refractivity contribution in [1.29, 1.82) is 0 Å². The van der Waals surface area contributed by atoms with Crippen molar-refractivity contribution in [2.75, 3.05) is 4.90 Å². The molecular formula is C11H14N2O. The van der Waals surface area contributed by atoms with Gasteiger partial charge >= 0.3 is 0 Å². The van der Waals surface area contributed by atoms with Gasteiger partial charge in [0.1, 0.15) is 6.04 Å². The summed E-state index contributed by atoms with van der Waals surface area (Å²) >= 11 is 0. The first-order chi connectivity index (χ1) is 6.61. The highest BCUT2D eigenvalue weighted by Gasteiger charge is 2.42. The summed E-state index contributed by atoms with van der Waals surface area (Å²) in [5, 5.41) is 0. The normalized spacial score (nSPS) is 26.2. The van der Waals surface area contributed by atoms with Crippen molar-refractivity contribution >= 4 is 11.6 Å². The van der Waals surface area contributed by atoms with Gasteiger partial charge in [0.15, 0.2) is 0 Å². The predicted octanol–water partition coefficient (Wildman–Crippen LogP) is 1.06. The molecule has 1 saturated heterocycles. The predicted molar refractivity (Wildman–Crippen MR) is 56.1 cm³/mol. The Hall–Kier alpha value is -1.35. The summed E-state index contributed by atoms with van der Waals surface area (Å²) in [5.41, 5.74) is 7.76. The molecule has 1 fully saturated rings. The molecule has 2 rings (SSSR count). The number of carbonyl (C=O) groups is 1. The van der Waals surface area contributed by atoms with E-state index in [2.05, 4.69) is 0 Å². The Kier molecular flexibility index (Phi) is 2.04. The highest BCUT2D eigenvalue weighted by atomic mass is 16.2. The molecule has 0 radical (unpaired) electrons. The quantitative estimate of drug-likeness (QED) is 0.673. The van der Waals surface area contributed by atoms with Crippen LogP contribution in [-0.2, 0) is 4.79 Å². The Labute approximate surface area is 83.5 Å². The number of β-lactam (4-membered cyclic amide) rings is 1. The lowest BCUT2D eigenvalue weighted by Gasteiger charge is -2.43. The van der Waals surface area contributed by atoms with Crippen LogP contribution in [0.4, 0.5) is 5.69 Å². The van der Waals surface area contributed by atoms with E-state index in [0.717, 1.165) is 5.69 Å². The largest absolute Gasteiger partial charge is 0.318 e. The van der Waals surface area contributed by atoms with Gasteiger partial charge in [-0.1, -0.05) is 17.7 Å². The second-order valence-electron chi connectivity index (χ2n) is 3.81. The maximum Gasteiger partial charge on any atom is 0.246 e. The fourth-order valence-corrected chi connectivity index (χ4v) is 1.71. The molecule has 0 bridgehead atoms. The molecule has 1 aliphatic heterocycles. The molecular weight excluding hydrogens is 176 g/mol. The Bertz CT molecular complexity index is 358. The first-order valence-electron chi connectivity index (χ1n) is 4.76. The third kappa shape index (κ3) is 1.21. The van der Waals surface area contributed by atoms with Gasteiger partial charge < -0.3 is 10.6 Å². The fraction of sp³-hybridized carbons (Fsp3) is 0.364. The zero-order chi connectivity index (χ0) is 10.3. The monoisotopic (exact) mass is 190 g/mol. The molecule has 3 heteroatoms. The van der Waals surface area contributed by atoms with Crippen molar-refractivity contribution in [3.8, 4) is 0 Å². The maximum absolute atomic E-state index is 11.5. The van der Waals surface area contributed by atoms with Crippen LogP contribution in [0, 0.1) is 6.92 Å². The number of amides is 1. The molecule has 2 atom stereocenters. The summed E-state index contributed by atoms with van der Waals surface area (Å²) in [6.45, 7) is 3.99. The molecule has 0 aliphatic carbocycles. The highest BCUT2D eigenvalue weighted by Crippen LogP contribution is 2.26. The van der Waals surface area contributed by atoms with Crippen LogP contribution < -0.4 is 10.6 Å². The summed E-state index contributed by atoms with van der Waals surface area (Å²) in [4.78, 5) is 13.2. The van der Waals surface area contributed by atoms with Crippen molar-refractivity contribution in [2.24, 2.45) is 5.73 Å². The van der Waals surface area contributed by atoms with Gasteiger partial charge in [-0.3, -0.25) is 4.79 Å². The summed E-state index contributed by atoms with van der Waals surface area (Å²) in [6.07, 6.45) is 0. The van der Waals surface area contributed by atoms with Crippen LogP contribution in [0.25, 0.3) is 0 Å². The number of hydrogen-bond donors (Lipinski definition) is 1. The van der Waals surface area contributed by atoms with E-state index in [1.165, 1.54) is 5.56 Å². The summed E-state index contributed by atoms with van der Waals surface area (Å²) in [6, 6.07) is 7.70. The Morgan fingerprint density at radius 2 is 1.86 bits per heavy atom. The Morgan fingerprint density at radius 3 is 2.36 bits per heavy atom. The number of carbonyl (C=O) groups excluding carboxylic acids is 1. The zero-order valence-electron chi connectivity index (χ0n) is 8.40. The zero-order valence-corrected chi connectivity index (χ0v) is 8.40. The van der Waals surface area contributed by atoms with Gasteiger partial charge in [0.2, 0.25) is 5.91 Å². The second kappa shape index (κ2) is 3.10. The number of rotatable bonds is 1. The van der Waals surface area contributed by atoms with Crippen molar-refractivity contribution in [2.45, 2.75) is 25.9 Å². The molecule has 3 nitrogen and oxygen atoms in total. The van der Waals surface area contributed by atoms with E-state index in [1.807, 2.05) is 38.1 Å². The molecule has 14 heavy (non-hydrogen) atoms. The number of anilines is 1. The van der Waals surface area contributed by atoms with E-state index in [0.29, 0.717) is 0 Å². The van der Waals surface area contributed by atoms with Gasteiger partial charge in [-0.15, -0.1) is 0 Å². The summed E-state index contributed by atoms with van der Waals surface area (Å²) in [5.74, 6) is 0.0151. The number of benzene rings is 1. The standard InChI is InChI=1S/C11H14N2O/c1-7-3-5-9(6-4-7)13-8(2)10(12)11(13)14/h3-6,8,10H,12H2,1-2H3/t8-,10+/m1/s1. The minimum atomic E-state index is -0.323. The number of aryl methyl sites for hydroxylation is 1. The molecule has 1 heterocycles. The minimum absolute atomic E-state index is 0.0151. The third-order valence-corrected chi connectivity index (χ3v) is 2.76. The van der Waals surface area contributed by atoms with Crippen LogP contribution in [0.3, 0.4) is 0 Å². The first-order valence-corrected chi connectivity index (χ1v) is 4.76. The molecule has 0 spiro atoms. The first kappa shape index (κ1) is 9.21. The van der Waals surface area contributed by atoms with Gasteiger partial charge in [0, 0.05) is 5.69 Å². The second-order valence-corrected chi connectivity index (χ2v) is 3.81. The molecule has 1 aromatic rings. The van der Waals surface area contributed by atoms with Crippen molar-refractivity contribution in [1.82, 2.24) is 0 Å². The molecule has 74 valence electrons. The summed E-state index contributed by atoms with van der Waals surface area (Å²) < 4.78 is 0. The lowest BCUT2D eigenvalue weighted by atomic mass is 9.96. The molecule has 0 saturated carbocycles. The van der Waals surface area contributed by atoms with Crippen LogP contribution >= 0.6 is 0 Å². The molecule has 1 amide bonds. The number of hydrogen-bond acceptors (Lipinski definition) is 2. The third-order valence-electron chi connectivity index (χ3n) is 2.76. The van der Waals surface area contributed by atoms with Crippen molar-refractivity contribution < 1.29 is 4.79 Å². The van der Waals surface area contributed by atoms with E-state index in [4.69, 9.17) is 5.73 Å². The lowest BCUT2D eigenvalue weighted by molar-refractivity contribution is -0.125. The fourth-order valence-electron chi connectivity index (χ4n) is 1.71. The lowest BCUT2D eigenvalue weighted by Crippen LogP contribution is -2.67. The van der Waals surface area contributed by atoms with E-state index in [1.54, 1.807) is 4.90 Å². The topological polar surface area (TPSA) is 46.3 Å². The number of nitrogens with zero attached hydrogens (tertiary/aromatic N) is 1.